The van der Waals surface area contributed by atoms with Crippen molar-refractivity contribution in [3.8, 4) is 11.5 Å². The van der Waals surface area contributed by atoms with Gasteiger partial charge in [0.25, 0.3) is 0 Å². The standard InChI is InChI=1S/C11H9NO3.C10H7NO3/c1-15-8-3-5-9-7(6-8)2-4-10(12-9)11(13)14;12-7-2-4-8-6(5-7)1-3-9(11-8)10(13)14/h2-6H,1H3,(H,13,14);1-5,12H,(H,13,14). The maximum absolute atomic E-state index is 10.7. The van der Waals surface area contributed by atoms with E-state index in [9.17, 15) is 9.59 Å². The van der Waals surface area contributed by atoms with Crippen LogP contribution in [0.3, 0.4) is 0 Å². The Morgan fingerprint density at radius 3 is 1.79 bits per heavy atom. The molecule has 3 N–H and O–H groups in total. The highest BCUT2D eigenvalue weighted by Gasteiger charge is 2.06. The summed E-state index contributed by atoms with van der Waals surface area (Å²) in [7, 11) is 1.58. The minimum Gasteiger partial charge on any atom is -0.508 e. The van der Waals surface area contributed by atoms with Gasteiger partial charge in [-0.25, -0.2) is 19.6 Å². The van der Waals surface area contributed by atoms with Crippen molar-refractivity contribution >= 4 is 33.7 Å². The van der Waals surface area contributed by atoms with E-state index >= 15 is 0 Å². The largest absolute Gasteiger partial charge is 0.508 e. The summed E-state index contributed by atoms with van der Waals surface area (Å²) in [4.78, 5) is 29.2. The van der Waals surface area contributed by atoms with Gasteiger partial charge in [-0.3, -0.25) is 0 Å². The molecule has 0 aliphatic heterocycles. The summed E-state index contributed by atoms with van der Waals surface area (Å²) in [6, 6.07) is 16.1. The highest BCUT2D eigenvalue weighted by molar-refractivity contribution is 5.90. The van der Waals surface area contributed by atoms with Gasteiger partial charge in [0, 0.05) is 10.8 Å². The van der Waals surface area contributed by atoms with Crippen LogP contribution in [0.25, 0.3) is 21.8 Å². The molecule has 8 nitrogen and oxygen atoms in total. The number of aromatic hydroxyl groups is 1. The molecule has 0 spiro atoms. The van der Waals surface area contributed by atoms with Gasteiger partial charge < -0.3 is 20.1 Å². The summed E-state index contributed by atoms with van der Waals surface area (Å²) < 4.78 is 5.06. The average molecular weight is 392 g/mol. The number of pyridine rings is 2. The van der Waals surface area contributed by atoms with Crippen LogP contribution in [-0.4, -0.2) is 44.3 Å². The first kappa shape index (κ1) is 19.6. The van der Waals surface area contributed by atoms with Gasteiger partial charge >= 0.3 is 11.9 Å². The van der Waals surface area contributed by atoms with E-state index in [1.165, 1.54) is 24.3 Å². The lowest BCUT2D eigenvalue weighted by Gasteiger charge is -2.02. The normalized spacial score (nSPS) is 10.2. The topological polar surface area (TPSA) is 130 Å². The van der Waals surface area contributed by atoms with Crippen molar-refractivity contribution in [2.24, 2.45) is 0 Å². The smallest absolute Gasteiger partial charge is 0.354 e. The molecule has 146 valence electrons. The Bertz CT molecular complexity index is 1220. The molecule has 2 heterocycles. The van der Waals surface area contributed by atoms with Gasteiger partial charge in [0.2, 0.25) is 0 Å². The van der Waals surface area contributed by atoms with E-state index in [0.717, 1.165) is 16.5 Å². The summed E-state index contributed by atoms with van der Waals surface area (Å²) in [5.41, 5.74) is 1.26. The Morgan fingerprint density at radius 2 is 1.28 bits per heavy atom. The number of aromatic carboxylic acids is 2. The lowest BCUT2D eigenvalue weighted by molar-refractivity contribution is 0.0680. The van der Waals surface area contributed by atoms with Crippen LogP contribution in [0.2, 0.25) is 0 Å². The quantitative estimate of drug-likeness (QED) is 0.482. The molecule has 0 unspecified atom stereocenters. The lowest BCUT2D eigenvalue weighted by Crippen LogP contribution is -1.99. The molecule has 0 bridgehead atoms. The summed E-state index contributed by atoms with van der Waals surface area (Å²) in [6.07, 6.45) is 0. The van der Waals surface area contributed by atoms with Crippen molar-refractivity contribution in [2.45, 2.75) is 0 Å². The summed E-state index contributed by atoms with van der Waals surface area (Å²) >= 11 is 0. The van der Waals surface area contributed by atoms with Crippen LogP contribution >= 0.6 is 0 Å². The van der Waals surface area contributed by atoms with Gasteiger partial charge in [-0.1, -0.05) is 12.1 Å². The molecule has 2 aromatic carbocycles. The maximum atomic E-state index is 10.7. The highest BCUT2D eigenvalue weighted by Crippen LogP contribution is 2.20. The van der Waals surface area contributed by atoms with E-state index in [4.69, 9.17) is 20.1 Å². The van der Waals surface area contributed by atoms with Gasteiger partial charge in [0.15, 0.2) is 0 Å². The van der Waals surface area contributed by atoms with Crippen molar-refractivity contribution in [2.75, 3.05) is 7.11 Å². The van der Waals surface area contributed by atoms with Crippen LogP contribution in [0, 0.1) is 0 Å². The third kappa shape index (κ3) is 4.56. The minimum atomic E-state index is -1.06. The number of benzene rings is 2. The Morgan fingerprint density at radius 1 is 0.759 bits per heavy atom. The predicted molar refractivity (Wildman–Crippen MR) is 106 cm³/mol. The molecule has 0 aliphatic rings. The second-order valence-corrected chi connectivity index (χ2v) is 5.94. The van der Waals surface area contributed by atoms with Crippen molar-refractivity contribution < 1.29 is 29.6 Å². The first-order chi connectivity index (χ1) is 13.9. The molecule has 0 saturated carbocycles. The first-order valence-corrected chi connectivity index (χ1v) is 8.38. The van der Waals surface area contributed by atoms with E-state index in [1.807, 2.05) is 6.07 Å². The third-order valence-electron chi connectivity index (χ3n) is 4.01. The molecule has 4 aromatic rings. The number of rotatable bonds is 3. The monoisotopic (exact) mass is 392 g/mol. The number of aromatic nitrogens is 2. The zero-order chi connectivity index (χ0) is 21.0. The molecule has 8 heteroatoms. The van der Waals surface area contributed by atoms with Crippen LogP contribution in [-0.2, 0) is 0 Å². The van der Waals surface area contributed by atoms with Gasteiger partial charge in [0.1, 0.15) is 22.9 Å². The third-order valence-corrected chi connectivity index (χ3v) is 4.01. The number of methoxy groups -OCH3 is 1. The van der Waals surface area contributed by atoms with Gasteiger partial charge in [-0.05, 0) is 48.5 Å². The Balaban J connectivity index is 0.000000166. The number of carbonyl (C=O) groups is 2. The summed E-state index contributed by atoms with van der Waals surface area (Å²) in [5, 5.41) is 28.2. The Labute approximate surface area is 164 Å². The highest BCUT2D eigenvalue weighted by atomic mass is 16.5. The van der Waals surface area contributed by atoms with Gasteiger partial charge in [0.05, 0.1) is 18.1 Å². The number of fused-ring (bicyclic) bond motifs is 2. The van der Waals surface area contributed by atoms with Crippen LogP contribution < -0.4 is 4.74 Å². The SMILES string of the molecule is COc1ccc2nc(C(=O)O)ccc2c1.O=C(O)c1ccc2cc(O)ccc2n1. The maximum Gasteiger partial charge on any atom is 0.354 e. The van der Waals surface area contributed by atoms with E-state index < -0.39 is 11.9 Å². The van der Waals surface area contributed by atoms with E-state index in [1.54, 1.807) is 37.4 Å². The number of nitrogens with zero attached hydrogens (tertiary/aromatic N) is 2. The number of carboxylic acid groups (broad SMARTS) is 2. The van der Waals surface area contributed by atoms with Crippen molar-refractivity contribution in [1.29, 1.82) is 0 Å². The molecular formula is C21H16N2O6. The second kappa shape index (κ2) is 8.22. The summed E-state index contributed by atoms with van der Waals surface area (Å²) in [5.74, 6) is -1.21. The molecule has 0 fully saturated rings. The van der Waals surface area contributed by atoms with Crippen LogP contribution in [0.1, 0.15) is 21.0 Å². The molecular weight excluding hydrogens is 376 g/mol. The van der Waals surface area contributed by atoms with E-state index in [2.05, 4.69) is 9.97 Å². The minimum absolute atomic E-state index is 0.00295. The number of hydrogen-bond donors (Lipinski definition) is 3. The van der Waals surface area contributed by atoms with E-state index in [0.29, 0.717) is 11.0 Å². The van der Waals surface area contributed by atoms with Gasteiger partial charge in [-0.2, -0.15) is 0 Å². The lowest BCUT2D eigenvalue weighted by atomic mass is 10.2. The Hall–Kier alpha value is -4.20. The van der Waals surface area contributed by atoms with Crippen molar-refractivity contribution in [3.63, 3.8) is 0 Å². The van der Waals surface area contributed by atoms with Crippen molar-refractivity contribution in [3.05, 3.63) is 72.1 Å². The molecule has 2 aromatic heterocycles. The predicted octanol–water partition coefficient (Wildman–Crippen LogP) is 3.58. The van der Waals surface area contributed by atoms with Crippen LogP contribution in [0.5, 0.6) is 11.5 Å². The fourth-order valence-corrected chi connectivity index (χ4v) is 2.58. The van der Waals surface area contributed by atoms with Crippen molar-refractivity contribution in [1.82, 2.24) is 9.97 Å². The van der Waals surface area contributed by atoms with Crippen LogP contribution in [0.4, 0.5) is 0 Å². The first-order valence-electron chi connectivity index (χ1n) is 8.38. The van der Waals surface area contributed by atoms with Gasteiger partial charge in [-0.15, -0.1) is 0 Å². The molecule has 0 radical (unpaired) electrons. The second-order valence-electron chi connectivity index (χ2n) is 5.94. The zero-order valence-corrected chi connectivity index (χ0v) is 15.2. The van der Waals surface area contributed by atoms with E-state index in [-0.39, 0.29) is 17.1 Å². The zero-order valence-electron chi connectivity index (χ0n) is 15.2. The molecule has 0 amide bonds. The average Bonchev–Trinajstić information content (AvgIpc) is 2.72. The molecule has 0 atom stereocenters. The fraction of sp³-hybridized carbons (Fsp3) is 0.0476. The Kier molecular flexibility index (Phi) is 5.54. The molecule has 0 aliphatic carbocycles. The summed E-state index contributed by atoms with van der Waals surface area (Å²) in [6.45, 7) is 0. The van der Waals surface area contributed by atoms with Crippen LogP contribution in [0.15, 0.2) is 60.7 Å². The molecule has 29 heavy (non-hydrogen) atoms. The molecule has 4 rings (SSSR count). The number of carboxylic acids is 2. The number of hydrogen-bond acceptors (Lipinski definition) is 6. The number of ether oxygens (including phenoxy) is 1. The number of phenols is 1. The molecule has 0 saturated heterocycles. The number of phenolic OH excluding ortho intramolecular Hbond substituents is 1. The fourth-order valence-electron chi connectivity index (χ4n) is 2.58.